The molecule has 0 bridgehead atoms. The Bertz CT molecular complexity index is 975. The third-order valence-corrected chi connectivity index (χ3v) is 5.42. The lowest BCUT2D eigenvalue weighted by Gasteiger charge is -2.33. The average molecular weight is 411 g/mol. The van der Waals surface area contributed by atoms with Gasteiger partial charge in [0, 0.05) is 30.6 Å². The Hall–Kier alpha value is -2.86. The number of nitrogens with zero attached hydrogens (tertiary/aromatic N) is 3. The van der Waals surface area contributed by atoms with Crippen LogP contribution in [0, 0.1) is 0 Å². The first-order valence-corrected chi connectivity index (χ1v) is 9.86. The molecule has 3 N–H and O–H groups in total. The number of amides is 1. The highest BCUT2D eigenvalue weighted by Gasteiger charge is 2.27. The van der Waals surface area contributed by atoms with Gasteiger partial charge < -0.3 is 24.3 Å². The van der Waals surface area contributed by atoms with Gasteiger partial charge in [-0.2, -0.15) is 13.1 Å². The summed E-state index contributed by atoms with van der Waals surface area (Å²) in [6.45, 7) is 1.09. The number of methoxy groups -OCH3 is 2. The Morgan fingerprint density at radius 2 is 1.82 bits per heavy atom. The van der Waals surface area contributed by atoms with E-state index in [1.807, 2.05) is 11.0 Å². The summed E-state index contributed by atoms with van der Waals surface area (Å²) in [5, 5.41) is 0.802. The Labute approximate surface area is 162 Å². The van der Waals surface area contributed by atoms with Gasteiger partial charge in [-0.15, -0.1) is 0 Å². The summed E-state index contributed by atoms with van der Waals surface area (Å²) in [4.78, 5) is 21.4. The zero-order valence-electron chi connectivity index (χ0n) is 15.4. The van der Waals surface area contributed by atoms with Gasteiger partial charge in [-0.3, -0.25) is 0 Å². The normalized spacial score (nSPS) is 15.4. The number of primary amides is 1. The number of hydrogen-bond donors (Lipinski definition) is 2. The summed E-state index contributed by atoms with van der Waals surface area (Å²) in [7, 11) is -1.10. The van der Waals surface area contributed by atoms with Gasteiger partial charge >= 0.3 is 16.4 Å². The summed E-state index contributed by atoms with van der Waals surface area (Å²) in [5.74, 6) is 1.86. The highest BCUT2D eigenvalue weighted by Crippen LogP contribution is 2.35. The van der Waals surface area contributed by atoms with Crippen molar-refractivity contribution in [2.75, 3.05) is 32.2 Å². The summed E-state index contributed by atoms with van der Waals surface area (Å²) in [5.41, 5.74) is 5.47. The maximum Gasteiger partial charge on any atom is 0.421 e. The molecule has 1 aliphatic rings. The fourth-order valence-corrected chi connectivity index (χ4v) is 4.08. The monoisotopic (exact) mass is 411 g/mol. The van der Waals surface area contributed by atoms with Crippen LogP contribution in [-0.2, 0) is 14.5 Å². The van der Waals surface area contributed by atoms with Crippen molar-refractivity contribution < 1.29 is 26.9 Å². The molecule has 1 aromatic heterocycles. The van der Waals surface area contributed by atoms with Crippen molar-refractivity contribution in [3.05, 3.63) is 18.5 Å². The minimum Gasteiger partial charge on any atom is -0.493 e. The van der Waals surface area contributed by atoms with E-state index in [0.29, 0.717) is 42.9 Å². The van der Waals surface area contributed by atoms with Gasteiger partial charge in [-0.1, -0.05) is 0 Å². The Balaban J connectivity index is 1.77. The molecule has 0 radical (unpaired) electrons. The van der Waals surface area contributed by atoms with Crippen molar-refractivity contribution in [3.63, 3.8) is 0 Å². The molecule has 11 nitrogen and oxygen atoms in total. The predicted octanol–water partition coefficient (Wildman–Crippen LogP) is 0.545. The van der Waals surface area contributed by atoms with E-state index < -0.39 is 16.4 Å². The number of nitrogens with two attached hydrogens (primary N) is 1. The van der Waals surface area contributed by atoms with Crippen molar-refractivity contribution in [3.8, 4) is 11.5 Å². The van der Waals surface area contributed by atoms with E-state index in [-0.39, 0.29) is 6.04 Å². The van der Waals surface area contributed by atoms with Gasteiger partial charge in [0.2, 0.25) is 0 Å². The van der Waals surface area contributed by atoms with Crippen LogP contribution in [0.5, 0.6) is 11.5 Å². The third kappa shape index (κ3) is 4.34. The number of hydrogen-bond acceptors (Lipinski definition) is 9. The SMILES string of the molecule is COc1cc2ncnc(N3CCC(NS(=O)(=O)OC(N)=O)CC3)c2cc1OC. The molecule has 0 atom stereocenters. The van der Waals surface area contributed by atoms with E-state index >= 15 is 0 Å². The molecule has 2 heterocycles. The largest absolute Gasteiger partial charge is 0.493 e. The summed E-state index contributed by atoms with van der Waals surface area (Å²) < 4.78 is 40.4. The van der Waals surface area contributed by atoms with E-state index in [2.05, 4.69) is 18.9 Å². The van der Waals surface area contributed by atoms with Crippen LogP contribution < -0.4 is 24.8 Å². The third-order valence-electron chi connectivity index (χ3n) is 4.42. The molecule has 3 rings (SSSR count). The molecule has 1 saturated heterocycles. The van der Waals surface area contributed by atoms with Crippen LogP contribution in [0.25, 0.3) is 10.9 Å². The minimum atomic E-state index is -4.21. The van der Waals surface area contributed by atoms with E-state index in [1.54, 1.807) is 20.3 Å². The molecule has 0 unspecified atom stereocenters. The zero-order valence-corrected chi connectivity index (χ0v) is 16.2. The molecular weight excluding hydrogens is 390 g/mol. The first-order chi connectivity index (χ1) is 13.3. The molecule has 1 aromatic carbocycles. The smallest absolute Gasteiger partial charge is 0.421 e. The Morgan fingerprint density at radius 1 is 1.18 bits per heavy atom. The number of nitrogens with one attached hydrogen (secondary N) is 1. The van der Waals surface area contributed by atoms with E-state index in [4.69, 9.17) is 15.2 Å². The zero-order chi connectivity index (χ0) is 20.3. The van der Waals surface area contributed by atoms with Gasteiger partial charge in [-0.25, -0.2) is 14.8 Å². The molecule has 1 amide bonds. The quantitative estimate of drug-likeness (QED) is 0.695. The molecule has 28 heavy (non-hydrogen) atoms. The van der Waals surface area contributed by atoms with Crippen molar-refractivity contribution >= 4 is 33.1 Å². The maximum atomic E-state index is 11.7. The second kappa shape index (κ2) is 8.02. The fraction of sp³-hybridized carbons (Fsp3) is 0.438. The van der Waals surface area contributed by atoms with Crippen LogP contribution in [0.2, 0.25) is 0 Å². The van der Waals surface area contributed by atoms with Crippen LogP contribution >= 0.6 is 0 Å². The molecule has 1 aliphatic heterocycles. The van der Waals surface area contributed by atoms with Crippen molar-refractivity contribution in [2.45, 2.75) is 18.9 Å². The van der Waals surface area contributed by atoms with Crippen LogP contribution in [0.15, 0.2) is 18.5 Å². The number of ether oxygens (including phenoxy) is 2. The summed E-state index contributed by atoms with van der Waals surface area (Å²) >= 11 is 0. The van der Waals surface area contributed by atoms with Crippen LogP contribution in [-0.4, -0.2) is 57.8 Å². The summed E-state index contributed by atoms with van der Waals surface area (Å²) in [6.07, 6.45) is 1.10. The number of aromatic nitrogens is 2. The van der Waals surface area contributed by atoms with Gasteiger partial charge in [0.05, 0.1) is 19.7 Å². The van der Waals surface area contributed by atoms with E-state index in [1.165, 1.54) is 6.33 Å². The highest BCUT2D eigenvalue weighted by atomic mass is 32.2. The van der Waals surface area contributed by atoms with Crippen LogP contribution in [0.4, 0.5) is 10.6 Å². The van der Waals surface area contributed by atoms with Crippen molar-refractivity contribution in [1.29, 1.82) is 0 Å². The van der Waals surface area contributed by atoms with Gasteiger partial charge in [-0.05, 0) is 18.9 Å². The summed E-state index contributed by atoms with van der Waals surface area (Å²) in [6, 6.07) is 3.23. The minimum absolute atomic E-state index is 0.372. The lowest BCUT2D eigenvalue weighted by Crippen LogP contribution is -2.46. The van der Waals surface area contributed by atoms with E-state index in [0.717, 1.165) is 11.2 Å². The first-order valence-electron chi connectivity index (χ1n) is 8.46. The number of carbonyl (C=O) groups excluding carboxylic acids is 1. The average Bonchev–Trinajstić information content (AvgIpc) is 2.65. The van der Waals surface area contributed by atoms with Crippen molar-refractivity contribution in [1.82, 2.24) is 14.7 Å². The molecule has 0 saturated carbocycles. The van der Waals surface area contributed by atoms with Gasteiger partial charge in [0.1, 0.15) is 12.1 Å². The first kappa shape index (κ1) is 19.9. The topological polar surface area (TPSA) is 146 Å². The lowest BCUT2D eigenvalue weighted by atomic mass is 10.1. The standard InChI is InChI=1S/C16H21N5O6S/c1-25-13-7-11-12(8-14(13)26-2)18-9-19-15(11)21-5-3-10(4-6-21)20-28(23,24)27-16(17)22/h7-10,20H,3-6H2,1-2H3,(H2,17,22). The molecular formula is C16H21N5O6S. The molecule has 0 spiro atoms. The van der Waals surface area contributed by atoms with Crippen LogP contribution in [0.3, 0.4) is 0 Å². The predicted molar refractivity (Wildman–Crippen MR) is 101 cm³/mol. The number of carbonyl (C=O) groups is 1. The van der Waals surface area contributed by atoms with Crippen LogP contribution in [0.1, 0.15) is 12.8 Å². The number of benzene rings is 1. The Morgan fingerprint density at radius 3 is 2.43 bits per heavy atom. The van der Waals surface area contributed by atoms with Gasteiger partial charge in [0.25, 0.3) is 0 Å². The molecule has 12 heteroatoms. The Kier molecular flexibility index (Phi) is 5.70. The fourth-order valence-electron chi connectivity index (χ4n) is 3.17. The molecule has 1 fully saturated rings. The number of piperidine rings is 1. The van der Waals surface area contributed by atoms with Crippen molar-refractivity contribution in [2.24, 2.45) is 5.73 Å². The number of fused-ring (bicyclic) bond motifs is 1. The second-order valence-electron chi connectivity index (χ2n) is 6.16. The second-order valence-corrected chi connectivity index (χ2v) is 7.47. The molecule has 0 aliphatic carbocycles. The lowest BCUT2D eigenvalue weighted by molar-refractivity contribution is 0.211. The number of rotatable bonds is 6. The molecule has 2 aromatic rings. The van der Waals surface area contributed by atoms with Gasteiger partial charge in [0.15, 0.2) is 11.5 Å². The molecule has 152 valence electrons. The number of anilines is 1. The highest BCUT2D eigenvalue weighted by molar-refractivity contribution is 7.85. The maximum absolute atomic E-state index is 11.7. The van der Waals surface area contributed by atoms with E-state index in [9.17, 15) is 13.2 Å².